The van der Waals surface area contributed by atoms with Crippen LogP contribution in [-0.4, -0.2) is 47.4 Å². The lowest BCUT2D eigenvalue weighted by Crippen LogP contribution is -2.30. The van der Waals surface area contributed by atoms with Gasteiger partial charge in [0.2, 0.25) is 21.9 Å². The van der Waals surface area contributed by atoms with E-state index in [0.717, 1.165) is 30.2 Å². The molecule has 172 valence electrons. The van der Waals surface area contributed by atoms with Crippen molar-refractivity contribution in [2.24, 2.45) is 5.41 Å². The summed E-state index contributed by atoms with van der Waals surface area (Å²) in [6.45, 7) is 7.56. The second kappa shape index (κ2) is 10.0. The quantitative estimate of drug-likeness (QED) is 0.471. The van der Waals surface area contributed by atoms with Crippen molar-refractivity contribution in [2.45, 2.75) is 50.6 Å². The van der Waals surface area contributed by atoms with E-state index in [-0.39, 0.29) is 40.7 Å². The predicted octanol–water partition coefficient (Wildman–Crippen LogP) is 3.58. The van der Waals surface area contributed by atoms with Crippen molar-refractivity contribution >= 4 is 33.7 Å². The van der Waals surface area contributed by atoms with E-state index in [2.05, 4.69) is 25.0 Å². The van der Waals surface area contributed by atoms with Gasteiger partial charge in [-0.3, -0.25) is 4.72 Å². The molecule has 1 heterocycles. The first kappa shape index (κ1) is 25.2. The monoisotopic (exact) mass is 475 g/mol. The topological polar surface area (TPSA) is 117 Å². The van der Waals surface area contributed by atoms with Gasteiger partial charge in [0.15, 0.2) is 5.16 Å². The van der Waals surface area contributed by atoms with Gasteiger partial charge in [0.05, 0.1) is 18.9 Å². The molecule has 1 aromatic carbocycles. The SMILES string of the molecule is C[C@@H](Sc1nc(N[C@@H](CO)CC(C)(C)C)nc(NS(C)(=O)=O)n1)c1ccc(F)cc1F. The lowest BCUT2D eigenvalue weighted by atomic mass is 9.88. The molecule has 2 atom stereocenters. The van der Waals surface area contributed by atoms with Crippen LogP contribution in [0.1, 0.15) is 44.9 Å². The van der Waals surface area contributed by atoms with Gasteiger partial charge in [-0.2, -0.15) is 15.0 Å². The van der Waals surface area contributed by atoms with E-state index in [0.29, 0.717) is 6.42 Å². The van der Waals surface area contributed by atoms with Crippen LogP contribution in [0.4, 0.5) is 20.7 Å². The van der Waals surface area contributed by atoms with Gasteiger partial charge in [-0.15, -0.1) is 0 Å². The van der Waals surface area contributed by atoms with Crippen molar-refractivity contribution in [2.75, 3.05) is 22.9 Å². The number of thioether (sulfide) groups is 1. The van der Waals surface area contributed by atoms with Crippen LogP contribution < -0.4 is 10.0 Å². The standard InChI is InChI=1S/C19H27F2N5O3S2/c1-11(14-7-6-12(20)8-15(14)21)30-18-24-16(22-13(10-27)9-19(2,3)4)23-17(25-18)26-31(5,28)29/h6-8,11,13,27H,9-10H2,1-5H3,(H2,22,23,24,25,26)/t11-,13-/m1/s1. The van der Waals surface area contributed by atoms with Crippen molar-refractivity contribution in [3.63, 3.8) is 0 Å². The molecule has 0 fully saturated rings. The van der Waals surface area contributed by atoms with Gasteiger partial charge in [-0.25, -0.2) is 17.2 Å². The first-order valence-corrected chi connectivity index (χ1v) is 12.3. The van der Waals surface area contributed by atoms with E-state index in [4.69, 9.17) is 0 Å². The minimum Gasteiger partial charge on any atom is -0.394 e. The summed E-state index contributed by atoms with van der Waals surface area (Å²) in [5.74, 6) is -1.52. The summed E-state index contributed by atoms with van der Waals surface area (Å²) in [6, 6.07) is 2.91. The van der Waals surface area contributed by atoms with Crippen LogP contribution >= 0.6 is 11.8 Å². The van der Waals surface area contributed by atoms with Gasteiger partial charge in [-0.05, 0) is 24.8 Å². The number of aliphatic hydroxyl groups is 1. The van der Waals surface area contributed by atoms with Crippen LogP contribution in [0.25, 0.3) is 0 Å². The number of benzene rings is 1. The molecule has 31 heavy (non-hydrogen) atoms. The van der Waals surface area contributed by atoms with Crippen LogP contribution in [0.2, 0.25) is 0 Å². The molecule has 8 nitrogen and oxygen atoms in total. The van der Waals surface area contributed by atoms with Crippen LogP contribution in [0.5, 0.6) is 0 Å². The number of anilines is 2. The molecule has 12 heteroatoms. The highest BCUT2D eigenvalue weighted by Crippen LogP contribution is 2.35. The number of aliphatic hydroxyl groups excluding tert-OH is 1. The van der Waals surface area contributed by atoms with Crippen molar-refractivity contribution in [1.29, 1.82) is 0 Å². The highest BCUT2D eigenvalue weighted by atomic mass is 32.2. The summed E-state index contributed by atoms with van der Waals surface area (Å²) in [4.78, 5) is 12.4. The zero-order chi connectivity index (χ0) is 23.4. The molecule has 0 unspecified atom stereocenters. The van der Waals surface area contributed by atoms with Crippen molar-refractivity contribution in [3.05, 3.63) is 35.4 Å². The average molecular weight is 476 g/mol. The molecule has 0 aliphatic carbocycles. The molecule has 0 bridgehead atoms. The van der Waals surface area contributed by atoms with Gasteiger partial charge in [0.25, 0.3) is 0 Å². The van der Waals surface area contributed by atoms with Crippen LogP contribution in [-0.2, 0) is 10.0 Å². The lowest BCUT2D eigenvalue weighted by molar-refractivity contribution is 0.233. The average Bonchev–Trinajstić information content (AvgIpc) is 2.58. The Hall–Kier alpha value is -2.05. The van der Waals surface area contributed by atoms with E-state index < -0.39 is 26.9 Å². The van der Waals surface area contributed by atoms with Crippen LogP contribution in [0.3, 0.4) is 0 Å². The number of nitrogens with one attached hydrogen (secondary N) is 2. The molecule has 0 spiro atoms. The Bertz CT molecular complexity index is 1020. The van der Waals surface area contributed by atoms with Crippen molar-refractivity contribution < 1.29 is 22.3 Å². The first-order chi connectivity index (χ1) is 14.3. The predicted molar refractivity (Wildman–Crippen MR) is 117 cm³/mol. The van der Waals surface area contributed by atoms with Gasteiger partial charge in [0, 0.05) is 16.9 Å². The number of sulfonamides is 1. The summed E-state index contributed by atoms with van der Waals surface area (Å²) in [5.41, 5.74) is 0.160. The van der Waals surface area contributed by atoms with E-state index in [9.17, 15) is 22.3 Å². The Morgan fingerprint density at radius 3 is 2.35 bits per heavy atom. The van der Waals surface area contributed by atoms with Crippen molar-refractivity contribution in [1.82, 2.24) is 15.0 Å². The second-order valence-corrected chi connectivity index (χ2v) is 11.4. The molecule has 0 radical (unpaired) electrons. The van der Waals surface area contributed by atoms with Gasteiger partial charge in [-0.1, -0.05) is 38.6 Å². The van der Waals surface area contributed by atoms with Crippen LogP contribution in [0, 0.1) is 17.0 Å². The highest BCUT2D eigenvalue weighted by Gasteiger charge is 2.21. The number of hydrogen-bond acceptors (Lipinski definition) is 8. The summed E-state index contributed by atoms with van der Waals surface area (Å²) in [7, 11) is -3.66. The van der Waals surface area contributed by atoms with Gasteiger partial charge in [0.1, 0.15) is 11.6 Å². The fourth-order valence-corrected chi connectivity index (χ4v) is 4.16. The van der Waals surface area contributed by atoms with E-state index in [1.165, 1.54) is 6.07 Å². The summed E-state index contributed by atoms with van der Waals surface area (Å²) in [5, 5.41) is 12.3. The van der Waals surface area contributed by atoms with Gasteiger partial charge < -0.3 is 10.4 Å². The number of rotatable bonds is 9. The third-order valence-corrected chi connectivity index (χ3v) is 5.54. The van der Waals surface area contributed by atoms with E-state index >= 15 is 0 Å². The number of hydrogen-bond donors (Lipinski definition) is 3. The summed E-state index contributed by atoms with van der Waals surface area (Å²) in [6.07, 6.45) is 1.56. The number of nitrogens with zero attached hydrogens (tertiary/aromatic N) is 3. The van der Waals surface area contributed by atoms with Gasteiger partial charge >= 0.3 is 0 Å². The fourth-order valence-electron chi connectivity index (χ4n) is 2.82. The van der Waals surface area contributed by atoms with E-state index in [1.807, 2.05) is 20.8 Å². The van der Waals surface area contributed by atoms with Crippen molar-refractivity contribution in [3.8, 4) is 0 Å². The third kappa shape index (κ3) is 8.54. The Kier molecular flexibility index (Phi) is 8.17. The zero-order valence-corrected chi connectivity index (χ0v) is 19.6. The smallest absolute Gasteiger partial charge is 0.242 e. The lowest BCUT2D eigenvalue weighted by Gasteiger charge is -2.25. The molecule has 0 amide bonds. The molecule has 0 aliphatic heterocycles. The molecule has 0 aliphatic rings. The fraction of sp³-hybridized carbons (Fsp3) is 0.526. The Morgan fingerprint density at radius 1 is 1.16 bits per heavy atom. The molecular weight excluding hydrogens is 448 g/mol. The summed E-state index contributed by atoms with van der Waals surface area (Å²) < 4.78 is 52.8. The number of aromatic nitrogens is 3. The third-order valence-electron chi connectivity index (χ3n) is 3.99. The maximum atomic E-state index is 14.1. The Labute approximate surface area is 185 Å². The highest BCUT2D eigenvalue weighted by molar-refractivity contribution is 7.99. The Morgan fingerprint density at radius 2 is 1.81 bits per heavy atom. The Balaban J connectivity index is 2.34. The number of halogens is 2. The maximum Gasteiger partial charge on any atom is 0.242 e. The molecule has 3 N–H and O–H groups in total. The zero-order valence-electron chi connectivity index (χ0n) is 18.0. The molecule has 0 saturated heterocycles. The van der Waals surface area contributed by atoms with Crippen LogP contribution in [0.15, 0.2) is 23.4 Å². The molecule has 1 aromatic heterocycles. The van der Waals surface area contributed by atoms with E-state index in [1.54, 1.807) is 6.92 Å². The molecule has 2 aromatic rings. The minimum absolute atomic E-state index is 0.0683. The minimum atomic E-state index is -3.66. The maximum absolute atomic E-state index is 14.1. The molecular formula is C19H27F2N5O3S2. The largest absolute Gasteiger partial charge is 0.394 e. The molecule has 0 saturated carbocycles. The summed E-state index contributed by atoms with van der Waals surface area (Å²) >= 11 is 1.06. The first-order valence-electron chi connectivity index (χ1n) is 9.48. The second-order valence-electron chi connectivity index (χ2n) is 8.35. The molecule has 2 rings (SSSR count). The normalized spacial score (nSPS) is 14.2.